The number of hydrogen-bond donors (Lipinski definition) is 1. The van der Waals surface area contributed by atoms with Gasteiger partial charge in [-0.3, -0.25) is 10.1 Å². The minimum Gasteiger partial charge on any atom is -0.486 e. The predicted molar refractivity (Wildman–Crippen MR) is 92.8 cm³/mol. The van der Waals surface area contributed by atoms with Crippen molar-refractivity contribution >= 4 is 22.4 Å². The smallest absolute Gasteiger partial charge is 0.260 e. The van der Waals surface area contributed by atoms with Crippen LogP contribution in [0.25, 0.3) is 11.3 Å². The number of amides is 1. The summed E-state index contributed by atoms with van der Waals surface area (Å²) >= 11 is 1.11. The fraction of sp³-hybridized carbons (Fsp3) is 0.111. The number of hydrogen-bond acceptors (Lipinski definition) is 5. The van der Waals surface area contributed by atoms with Crippen molar-refractivity contribution in [1.29, 1.82) is 0 Å². The van der Waals surface area contributed by atoms with E-state index in [4.69, 9.17) is 9.47 Å². The number of fused-ring (bicyclic) bond motifs is 1. The zero-order chi connectivity index (χ0) is 19.0. The van der Waals surface area contributed by atoms with Crippen LogP contribution in [0.15, 0.2) is 35.7 Å². The van der Waals surface area contributed by atoms with E-state index in [0.717, 1.165) is 23.0 Å². The first kappa shape index (κ1) is 17.3. The van der Waals surface area contributed by atoms with E-state index in [1.54, 1.807) is 23.6 Å². The molecule has 1 aliphatic rings. The molecule has 4 rings (SSSR count). The van der Waals surface area contributed by atoms with E-state index < -0.39 is 28.9 Å². The molecule has 0 radical (unpaired) electrons. The second-order valence-corrected chi connectivity index (χ2v) is 6.43. The van der Waals surface area contributed by atoms with E-state index in [2.05, 4.69) is 10.3 Å². The van der Waals surface area contributed by atoms with Crippen LogP contribution in [0, 0.1) is 17.5 Å². The number of aromatic nitrogens is 1. The molecule has 0 saturated carbocycles. The molecule has 0 atom stereocenters. The number of thiazole rings is 1. The van der Waals surface area contributed by atoms with Gasteiger partial charge in [0.1, 0.15) is 13.2 Å². The number of nitrogens with zero attached hydrogens (tertiary/aromatic N) is 1. The summed E-state index contributed by atoms with van der Waals surface area (Å²) in [5.41, 5.74) is 0.706. The molecular weight excluding hydrogens is 381 g/mol. The van der Waals surface area contributed by atoms with Crippen molar-refractivity contribution in [1.82, 2.24) is 4.98 Å². The highest BCUT2D eigenvalue weighted by Gasteiger charge is 2.20. The van der Waals surface area contributed by atoms with Crippen molar-refractivity contribution < 1.29 is 27.4 Å². The number of nitrogens with one attached hydrogen (secondary N) is 1. The quantitative estimate of drug-likeness (QED) is 0.677. The van der Waals surface area contributed by atoms with Gasteiger partial charge in [0.2, 0.25) is 0 Å². The van der Waals surface area contributed by atoms with Crippen molar-refractivity contribution in [3.63, 3.8) is 0 Å². The molecule has 0 bridgehead atoms. The summed E-state index contributed by atoms with van der Waals surface area (Å²) in [6.45, 7) is 0.939. The van der Waals surface area contributed by atoms with Crippen LogP contribution in [0.4, 0.5) is 18.3 Å². The molecule has 0 fully saturated rings. The maximum absolute atomic E-state index is 13.7. The summed E-state index contributed by atoms with van der Waals surface area (Å²) in [6, 6.07) is 6.89. The Bertz CT molecular complexity index is 1040. The summed E-state index contributed by atoms with van der Waals surface area (Å²) < 4.78 is 51.0. The highest BCUT2D eigenvalue weighted by Crippen LogP contribution is 2.35. The molecule has 0 saturated heterocycles. The monoisotopic (exact) mass is 392 g/mol. The third kappa shape index (κ3) is 3.33. The third-order valence-corrected chi connectivity index (χ3v) is 4.60. The van der Waals surface area contributed by atoms with Crippen molar-refractivity contribution in [2.24, 2.45) is 0 Å². The van der Waals surface area contributed by atoms with E-state index >= 15 is 0 Å². The lowest BCUT2D eigenvalue weighted by Gasteiger charge is -2.18. The second kappa shape index (κ2) is 6.92. The fourth-order valence-electron chi connectivity index (χ4n) is 2.53. The molecular formula is C18H11F3N2O3S. The van der Waals surface area contributed by atoms with Gasteiger partial charge in [0.15, 0.2) is 34.1 Å². The molecule has 0 spiro atoms. The Hall–Kier alpha value is -3.07. The Balaban J connectivity index is 1.55. The maximum atomic E-state index is 13.7. The van der Waals surface area contributed by atoms with Gasteiger partial charge >= 0.3 is 0 Å². The van der Waals surface area contributed by atoms with Crippen LogP contribution in [0.1, 0.15) is 10.4 Å². The minimum atomic E-state index is -1.70. The van der Waals surface area contributed by atoms with Crippen LogP contribution in [0.5, 0.6) is 11.5 Å². The van der Waals surface area contributed by atoms with Gasteiger partial charge in [-0.1, -0.05) is 0 Å². The number of benzene rings is 2. The molecule has 3 aromatic rings. The lowest BCUT2D eigenvalue weighted by atomic mass is 10.1. The molecule has 1 amide bonds. The zero-order valence-corrected chi connectivity index (χ0v) is 14.4. The van der Waals surface area contributed by atoms with Crippen LogP contribution in [-0.4, -0.2) is 24.1 Å². The summed E-state index contributed by atoms with van der Waals surface area (Å²) in [5, 5.41) is 4.27. The summed E-state index contributed by atoms with van der Waals surface area (Å²) in [5.74, 6) is -4.28. The zero-order valence-electron chi connectivity index (χ0n) is 13.6. The standard InChI is InChI=1S/C18H11F3N2O3S/c19-11-3-2-10(15(20)16(11)21)17(24)23-18-22-12(8-27-18)9-1-4-13-14(7-9)26-6-5-25-13/h1-4,7-8H,5-6H2,(H,22,23,24). The van der Waals surface area contributed by atoms with Gasteiger partial charge in [-0.2, -0.15) is 0 Å². The molecule has 138 valence electrons. The Kier molecular flexibility index (Phi) is 4.44. The Morgan fingerprint density at radius 2 is 1.81 bits per heavy atom. The van der Waals surface area contributed by atoms with Crippen LogP contribution in [-0.2, 0) is 0 Å². The lowest BCUT2D eigenvalue weighted by molar-refractivity contribution is 0.102. The van der Waals surface area contributed by atoms with Crippen molar-refractivity contribution in [3.8, 4) is 22.8 Å². The highest BCUT2D eigenvalue weighted by atomic mass is 32.1. The molecule has 2 aromatic carbocycles. The van der Waals surface area contributed by atoms with Gasteiger partial charge in [-0.25, -0.2) is 18.2 Å². The van der Waals surface area contributed by atoms with Gasteiger partial charge in [0.25, 0.3) is 5.91 Å². The average Bonchev–Trinajstić information content (AvgIpc) is 3.14. The molecule has 27 heavy (non-hydrogen) atoms. The number of carbonyl (C=O) groups excluding carboxylic acids is 1. The van der Waals surface area contributed by atoms with E-state index in [9.17, 15) is 18.0 Å². The van der Waals surface area contributed by atoms with Gasteiger partial charge in [0.05, 0.1) is 11.3 Å². The number of halogens is 3. The topological polar surface area (TPSA) is 60.5 Å². The van der Waals surface area contributed by atoms with Crippen molar-refractivity contribution in [2.75, 3.05) is 18.5 Å². The van der Waals surface area contributed by atoms with Crippen LogP contribution in [0.3, 0.4) is 0 Å². The number of ether oxygens (including phenoxy) is 2. The molecule has 1 aliphatic heterocycles. The maximum Gasteiger partial charge on any atom is 0.260 e. The summed E-state index contributed by atoms with van der Waals surface area (Å²) in [6.07, 6.45) is 0. The van der Waals surface area contributed by atoms with Crippen LogP contribution >= 0.6 is 11.3 Å². The van der Waals surface area contributed by atoms with E-state index in [0.29, 0.717) is 36.5 Å². The number of rotatable bonds is 3. The van der Waals surface area contributed by atoms with Gasteiger partial charge in [0, 0.05) is 10.9 Å². The second-order valence-electron chi connectivity index (χ2n) is 5.57. The lowest BCUT2D eigenvalue weighted by Crippen LogP contribution is -2.15. The Morgan fingerprint density at radius 3 is 2.63 bits per heavy atom. The molecule has 0 aliphatic carbocycles. The van der Waals surface area contributed by atoms with E-state index in [-0.39, 0.29) is 5.13 Å². The SMILES string of the molecule is O=C(Nc1nc(-c2ccc3c(c2)OCCO3)cs1)c1ccc(F)c(F)c1F. The Morgan fingerprint density at radius 1 is 1.04 bits per heavy atom. The highest BCUT2D eigenvalue weighted by molar-refractivity contribution is 7.14. The third-order valence-electron chi connectivity index (χ3n) is 3.84. The molecule has 1 N–H and O–H groups in total. The molecule has 2 heterocycles. The van der Waals surface area contributed by atoms with Crippen LogP contribution < -0.4 is 14.8 Å². The first-order valence-corrected chi connectivity index (χ1v) is 8.71. The van der Waals surface area contributed by atoms with Gasteiger partial charge in [-0.15, -0.1) is 11.3 Å². The Labute approximate surface area is 155 Å². The predicted octanol–water partition coefficient (Wildman–Crippen LogP) is 4.25. The van der Waals surface area contributed by atoms with E-state index in [1.165, 1.54) is 0 Å². The molecule has 1 aromatic heterocycles. The normalized spacial score (nSPS) is 12.7. The average molecular weight is 392 g/mol. The first-order valence-electron chi connectivity index (χ1n) is 7.83. The molecule has 9 heteroatoms. The van der Waals surface area contributed by atoms with Crippen molar-refractivity contribution in [3.05, 3.63) is 58.7 Å². The summed E-state index contributed by atoms with van der Waals surface area (Å²) in [7, 11) is 0. The molecule has 5 nitrogen and oxygen atoms in total. The van der Waals surface area contributed by atoms with Crippen LogP contribution in [0.2, 0.25) is 0 Å². The van der Waals surface area contributed by atoms with Gasteiger partial charge < -0.3 is 9.47 Å². The number of carbonyl (C=O) groups is 1. The summed E-state index contributed by atoms with van der Waals surface area (Å²) in [4.78, 5) is 16.4. The number of anilines is 1. The first-order chi connectivity index (χ1) is 13.0. The fourth-order valence-corrected chi connectivity index (χ4v) is 3.25. The van der Waals surface area contributed by atoms with Gasteiger partial charge in [-0.05, 0) is 30.3 Å². The van der Waals surface area contributed by atoms with E-state index in [1.807, 2.05) is 0 Å². The largest absolute Gasteiger partial charge is 0.486 e. The van der Waals surface area contributed by atoms with Crippen molar-refractivity contribution in [2.45, 2.75) is 0 Å². The molecule has 0 unspecified atom stereocenters. The minimum absolute atomic E-state index is 0.189.